The van der Waals surface area contributed by atoms with Crippen LogP contribution < -0.4 is 15.4 Å². The van der Waals surface area contributed by atoms with Crippen LogP contribution in [0, 0.1) is 6.92 Å². The van der Waals surface area contributed by atoms with Gasteiger partial charge < -0.3 is 20.1 Å². The number of nitrogens with zero attached hydrogens (tertiary/aromatic N) is 1. The van der Waals surface area contributed by atoms with Gasteiger partial charge >= 0.3 is 5.97 Å². The van der Waals surface area contributed by atoms with Crippen LogP contribution >= 0.6 is 24.0 Å². The van der Waals surface area contributed by atoms with E-state index in [2.05, 4.69) is 15.6 Å². The van der Waals surface area contributed by atoms with Crippen LogP contribution in [0.15, 0.2) is 29.3 Å². The van der Waals surface area contributed by atoms with Gasteiger partial charge in [0.05, 0.1) is 19.1 Å². The molecule has 0 spiro atoms. The molecule has 0 aliphatic rings. The van der Waals surface area contributed by atoms with Crippen molar-refractivity contribution in [1.29, 1.82) is 0 Å². The first-order valence-electron chi connectivity index (χ1n) is 8.28. The van der Waals surface area contributed by atoms with Crippen LogP contribution in [0.3, 0.4) is 0 Å². The number of carbonyl (C=O) groups excluding carboxylic acids is 1. The first kappa shape index (κ1) is 23.5. The molecule has 0 saturated carbocycles. The Balaban J connectivity index is 0.00000576. The highest BCUT2D eigenvalue weighted by atomic mass is 127. The number of ether oxygens (including phenoxy) is 2. The molecule has 6 nitrogen and oxygen atoms in total. The highest BCUT2D eigenvalue weighted by molar-refractivity contribution is 14.0. The molecule has 0 aliphatic heterocycles. The number of rotatable bonds is 8. The summed E-state index contributed by atoms with van der Waals surface area (Å²) in [6.45, 7) is 8.75. The van der Waals surface area contributed by atoms with Crippen LogP contribution in [0.4, 0.5) is 0 Å². The van der Waals surface area contributed by atoms with Crippen molar-refractivity contribution in [2.75, 3.05) is 20.1 Å². The van der Waals surface area contributed by atoms with Gasteiger partial charge in [0.1, 0.15) is 11.9 Å². The second-order valence-electron chi connectivity index (χ2n) is 5.86. The van der Waals surface area contributed by atoms with Gasteiger partial charge in [0.15, 0.2) is 5.96 Å². The summed E-state index contributed by atoms with van der Waals surface area (Å²) >= 11 is 0. The minimum atomic E-state index is -0.218. The van der Waals surface area contributed by atoms with E-state index >= 15 is 0 Å². The van der Waals surface area contributed by atoms with Crippen molar-refractivity contribution >= 4 is 35.9 Å². The Hall–Kier alpha value is -1.51. The smallest absolute Gasteiger partial charge is 0.307 e. The molecular weight excluding hydrogens is 433 g/mol. The monoisotopic (exact) mass is 463 g/mol. The lowest BCUT2D eigenvalue weighted by Crippen LogP contribution is -2.42. The molecule has 1 rings (SSSR count). The Morgan fingerprint density at radius 1 is 1.20 bits per heavy atom. The van der Waals surface area contributed by atoms with E-state index < -0.39 is 0 Å². The van der Waals surface area contributed by atoms with E-state index in [0.29, 0.717) is 25.5 Å². The second-order valence-corrected chi connectivity index (χ2v) is 5.86. The quantitative estimate of drug-likeness (QED) is 0.269. The Morgan fingerprint density at radius 2 is 1.88 bits per heavy atom. The predicted molar refractivity (Wildman–Crippen MR) is 112 cm³/mol. The average Bonchev–Trinajstić information content (AvgIpc) is 2.52. The summed E-state index contributed by atoms with van der Waals surface area (Å²) in [6, 6.07) is 7.92. The average molecular weight is 463 g/mol. The van der Waals surface area contributed by atoms with E-state index in [0.717, 1.165) is 11.3 Å². The minimum absolute atomic E-state index is 0. The van der Waals surface area contributed by atoms with Crippen molar-refractivity contribution in [3.63, 3.8) is 0 Å². The fourth-order valence-corrected chi connectivity index (χ4v) is 2.01. The summed E-state index contributed by atoms with van der Waals surface area (Å²) in [7, 11) is 1.69. The van der Waals surface area contributed by atoms with Crippen LogP contribution in [-0.2, 0) is 9.53 Å². The summed E-state index contributed by atoms with van der Waals surface area (Å²) in [6.07, 6.45) is 0.193. The van der Waals surface area contributed by atoms with E-state index in [4.69, 9.17) is 9.47 Å². The molecule has 0 heterocycles. The van der Waals surface area contributed by atoms with Crippen molar-refractivity contribution in [3.8, 4) is 5.75 Å². The van der Waals surface area contributed by atoms with E-state index in [1.54, 1.807) is 7.05 Å². The Bertz CT molecular complexity index is 550. The summed E-state index contributed by atoms with van der Waals surface area (Å²) < 4.78 is 11.0. The van der Waals surface area contributed by atoms with Gasteiger partial charge in [-0.15, -0.1) is 24.0 Å². The van der Waals surface area contributed by atoms with E-state index in [-0.39, 0.29) is 42.2 Å². The van der Waals surface area contributed by atoms with Gasteiger partial charge in [0, 0.05) is 13.6 Å². The first-order chi connectivity index (χ1) is 11.4. The lowest BCUT2D eigenvalue weighted by molar-refractivity contribution is -0.147. The van der Waals surface area contributed by atoms with Crippen LogP contribution in [-0.4, -0.2) is 44.3 Å². The van der Waals surface area contributed by atoms with Crippen LogP contribution in [0.1, 0.15) is 32.8 Å². The number of carbonyl (C=O) groups is 1. The summed E-state index contributed by atoms with van der Waals surface area (Å²) in [5.41, 5.74) is 1.11. The third-order valence-corrected chi connectivity index (χ3v) is 3.19. The number of aryl methyl sites for hydroxylation is 1. The molecule has 1 atom stereocenters. The summed E-state index contributed by atoms with van der Waals surface area (Å²) in [5.74, 6) is 1.29. The fraction of sp³-hybridized carbons (Fsp3) is 0.556. The Labute approximate surface area is 167 Å². The van der Waals surface area contributed by atoms with Crippen molar-refractivity contribution in [2.24, 2.45) is 4.99 Å². The number of para-hydroxylation sites is 1. The molecule has 1 aromatic rings. The number of hydrogen-bond acceptors (Lipinski definition) is 4. The number of esters is 1. The molecule has 7 heteroatoms. The number of hydrogen-bond donors (Lipinski definition) is 2. The minimum Gasteiger partial charge on any atom is -0.489 e. The molecule has 1 unspecified atom stereocenters. The molecule has 0 amide bonds. The van der Waals surface area contributed by atoms with Crippen molar-refractivity contribution in [1.82, 2.24) is 10.6 Å². The molecule has 142 valence electrons. The van der Waals surface area contributed by atoms with E-state index in [1.165, 1.54) is 0 Å². The highest BCUT2D eigenvalue weighted by Gasteiger charge is 2.08. The maximum Gasteiger partial charge on any atom is 0.307 e. The molecule has 2 N–H and O–H groups in total. The normalized spacial score (nSPS) is 12.2. The standard InChI is InChI=1S/C18H29N3O3.HI/c1-13(2)23-17(22)10-11-20-18(19-5)21-12-15(4)24-16-9-7-6-8-14(16)3;/h6-9,13,15H,10-12H2,1-5H3,(H2,19,20,21);1H. The van der Waals surface area contributed by atoms with Gasteiger partial charge in [0.2, 0.25) is 0 Å². The number of aliphatic imine (C=N–C) groups is 1. The van der Waals surface area contributed by atoms with Crippen molar-refractivity contribution in [3.05, 3.63) is 29.8 Å². The predicted octanol–water partition coefficient (Wildman–Crippen LogP) is 2.89. The summed E-state index contributed by atoms with van der Waals surface area (Å²) in [4.78, 5) is 15.6. The summed E-state index contributed by atoms with van der Waals surface area (Å²) in [5, 5.41) is 6.27. The lowest BCUT2D eigenvalue weighted by Gasteiger charge is -2.18. The van der Waals surface area contributed by atoms with Crippen LogP contribution in [0.25, 0.3) is 0 Å². The third-order valence-electron chi connectivity index (χ3n) is 3.19. The molecule has 0 bridgehead atoms. The lowest BCUT2D eigenvalue weighted by atomic mass is 10.2. The maximum absolute atomic E-state index is 11.5. The van der Waals surface area contributed by atoms with Gasteiger partial charge in [-0.25, -0.2) is 0 Å². The topological polar surface area (TPSA) is 72.0 Å². The second kappa shape index (κ2) is 12.8. The molecule has 0 saturated heterocycles. The first-order valence-corrected chi connectivity index (χ1v) is 8.28. The molecular formula is C18H30IN3O3. The largest absolute Gasteiger partial charge is 0.489 e. The van der Waals surface area contributed by atoms with Gasteiger partial charge in [0.25, 0.3) is 0 Å². The molecule has 25 heavy (non-hydrogen) atoms. The Morgan fingerprint density at radius 3 is 2.48 bits per heavy atom. The zero-order valence-electron chi connectivity index (χ0n) is 15.7. The molecule has 0 aliphatic carbocycles. The zero-order valence-corrected chi connectivity index (χ0v) is 18.0. The SMILES string of the molecule is CN=C(NCCC(=O)OC(C)C)NCC(C)Oc1ccccc1C.I. The third kappa shape index (κ3) is 10.2. The van der Waals surface area contributed by atoms with Crippen molar-refractivity contribution < 1.29 is 14.3 Å². The highest BCUT2D eigenvalue weighted by Crippen LogP contribution is 2.17. The van der Waals surface area contributed by atoms with E-state index in [9.17, 15) is 4.79 Å². The molecule has 0 radical (unpaired) electrons. The van der Waals surface area contributed by atoms with Gasteiger partial charge in [-0.1, -0.05) is 18.2 Å². The zero-order chi connectivity index (χ0) is 17.9. The Kier molecular flexibility index (Phi) is 12.0. The number of guanidine groups is 1. The number of halogens is 1. The van der Waals surface area contributed by atoms with Gasteiger partial charge in [-0.05, 0) is 39.3 Å². The van der Waals surface area contributed by atoms with Gasteiger partial charge in [-0.2, -0.15) is 0 Å². The number of benzene rings is 1. The molecule has 0 fully saturated rings. The van der Waals surface area contributed by atoms with Crippen LogP contribution in [0.2, 0.25) is 0 Å². The molecule has 0 aromatic heterocycles. The van der Waals surface area contributed by atoms with Crippen LogP contribution in [0.5, 0.6) is 5.75 Å². The van der Waals surface area contributed by atoms with E-state index in [1.807, 2.05) is 52.0 Å². The van der Waals surface area contributed by atoms with Gasteiger partial charge in [-0.3, -0.25) is 9.79 Å². The van der Waals surface area contributed by atoms with Crippen molar-refractivity contribution in [2.45, 2.75) is 46.3 Å². The molecule has 1 aromatic carbocycles. The maximum atomic E-state index is 11.5. The number of nitrogens with one attached hydrogen (secondary N) is 2. The fourth-order valence-electron chi connectivity index (χ4n) is 2.01.